The van der Waals surface area contributed by atoms with Crippen molar-refractivity contribution in [2.24, 2.45) is 7.05 Å². The quantitative estimate of drug-likeness (QED) is 0.923. The largest absolute Gasteiger partial charge is 0.480 e. The minimum Gasteiger partial charge on any atom is -0.480 e. The van der Waals surface area contributed by atoms with Crippen LogP contribution in [0.15, 0.2) is 24.3 Å². The molecule has 0 atom stereocenters. The number of anilines is 1. The average Bonchev–Trinajstić information content (AvgIpc) is 2.65. The molecule has 6 heteroatoms. The molecule has 1 aromatic carbocycles. The number of rotatable bonds is 5. The smallest absolute Gasteiger partial charge is 0.323 e. The van der Waals surface area contributed by atoms with Gasteiger partial charge in [-0.2, -0.15) is 5.10 Å². The van der Waals surface area contributed by atoms with E-state index >= 15 is 0 Å². The van der Waals surface area contributed by atoms with Gasteiger partial charge in [0.1, 0.15) is 6.54 Å². The molecule has 2 aromatic rings. The Balaban J connectivity index is 2.32. The fourth-order valence-corrected chi connectivity index (χ4v) is 2.42. The Morgan fingerprint density at radius 2 is 1.95 bits per heavy atom. The molecule has 0 aliphatic heterocycles. The molecular formula is C15H18ClN3O2. The summed E-state index contributed by atoms with van der Waals surface area (Å²) in [6.07, 6.45) is 0. The lowest BCUT2D eigenvalue weighted by Crippen LogP contribution is -2.29. The number of nitrogens with zero attached hydrogens (tertiary/aromatic N) is 3. The maximum atomic E-state index is 11.1. The van der Waals surface area contributed by atoms with E-state index in [4.69, 9.17) is 16.7 Å². The molecular weight excluding hydrogens is 290 g/mol. The van der Waals surface area contributed by atoms with Crippen molar-refractivity contribution in [2.45, 2.75) is 20.4 Å². The fraction of sp³-hybridized carbons (Fsp3) is 0.333. The normalized spacial score (nSPS) is 10.7. The summed E-state index contributed by atoms with van der Waals surface area (Å²) in [6, 6.07) is 7.17. The Labute approximate surface area is 128 Å². The molecule has 0 aliphatic rings. The van der Waals surface area contributed by atoms with Crippen molar-refractivity contribution in [3.8, 4) is 0 Å². The summed E-state index contributed by atoms with van der Waals surface area (Å²) in [5.74, 6) is -0.871. The van der Waals surface area contributed by atoms with E-state index in [1.807, 2.05) is 37.7 Å². The number of carboxylic acid groups (broad SMARTS) is 1. The van der Waals surface area contributed by atoms with Gasteiger partial charge in [-0.05, 0) is 38.1 Å². The Morgan fingerprint density at radius 1 is 1.33 bits per heavy atom. The van der Waals surface area contributed by atoms with Crippen molar-refractivity contribution < 1.29 is 9.90 Å². The van der Waals surface area contributed by atoms with E-state index in [9.17, 15) is 4.79 Å². The predicted octanol–water partition coefficient (Wildman–Crippen LogP) is 2.78. The summed E-state index contributed by atoms with van der Waals surface area (Å²) in [5, 5.41) is 14.1. The molecule has 112 valence electrons. The first kappa shape index (κ1) is 15.4. The van der Waals surface area contributed by atoms with Crippen LogP contribution in [0.2, 0.25) is 5.02 Å². The molecule has 0 spiro atoms. The second-order valence-electron chi connectivity index (χ2n) is 5.00. The number of benzene rings is 1. The van der Waals surface area contributed by atoms with Crippen molar-refractivity contribution >= 4 is 23.3 Å². The van der Waals surface area contributed by atoms with Crippen molar-refractivity contribution in [1.29, 1.82) is 0 Å². The molecule has 1 N–H and O–H groups in total. The number of hydrogen-bond acceptors (Lipinski definition) is 3. The first-order valence-electron chi connectivity index (χ1n) is 6.60. The third-order valence-corrected chi connectivity index (χ3v) is 3.78. The molecule has 1 heterocycles. The second-order valence-corrected chi connectivity index (χ2v) is 5.44. The van der Waals surface area contributed by atoms with Crippen LogP contribution in [-0.4, -0.2) is 27.4 Å². The zero-order valence-electron chi connectivity index (χ0n) is 12.3. The van der Waals surface area contributed by atoms with Gasteiger partial charge in [-0.25, -0.2) is 0 Å². The summed E-state index contributed by atoms with van der Waals surface area (Å²) >= 11 is 5.89. The van der Waals surface area contributed by atoms with E-state index in [-0.39, 0.29) is 6.54 Å². The summed E-state index contributed by atoms with van der Waals surface area (Å²) in [5.41, 5.74) is 3.83. The maximum Gasteiger partial charge on any atom is 0.323 e. The highest BCUT2D eigenvalue weighted by Crippen LogP contribution is 2.22. The van der Waals surface area contributed by atoms with Gasteiger partial charge in [-0.1, -0.05) is 11.6 Å². The SMILES string of the molecule is Cc1nn(C)c(C)c1CN(CC(=O)O)c1ccc(Cl)cc1. The van der Waals surface area contributed by atoms with Gasteiger partial charge >= 0.3 is 5.97 Å². The van der Waals surface area contributed by atoms with Crippen LogP contribution in [-0.2, 0) is 18.4 Å². The van der Waals surface area contributed by atoms with Gasteiger partial charge in [-0.15, -0.1) is 0 Å². The molecule has 0 aliphatic carbocycles. The van der Waals surface area contributed by atoms with Gasteiger partial charge in [0, 0.05) is 35.6 Å². The minimum absolute atomic E-state index is 0.0740. The van der Waals surface area contributed by atoms with E-state index in [0.29, 0.717) is 11.6 Å². The molecule has 0 amide bonds. The van der Waals surface area contributed by atoms with Crippen molar-refractivity contribution in [3.05, 3.63) is 46.2 Å². The highest BCUT2D eigenvalue weighted by molar-refractivity contribution is 6.30. The lowest BCUT2D eigenvalue weighted by molar-refractivity contribution is -0.135. The van der Waals surface area contributed by atoms with Gasteiger partial charge < -0.3 is 10.0 Å². The standard InChI is InChI=1S/C15H18ClN3O2/c1-10-14(11(2)18(3)17-10)8-19(9-15(20)21)13-6-4-12(16)5-7-13/h4-7H,8-9H2,1-3H3,(H,20,21). The Hall–Kier alpha value is -2.01. The minimum atomic E-state index is -0.871. The van der Waals surface area contributed by atoms with Crippen LogP contribution < -0.4 is 4.90 Å². The van der Waals surface area contributed by atoms with Gasteiger partial charge in [-0.3, -0.25) is 9.48 Å². The number of carbonyl (C=O) groups is 1. The number of aliphatic carboxylic acids is 1. The number of hydrogen-bond donors (Lipinski definition) is 1. The van der Waals surface area contributed by atoms with E-state index in [0.717, 1.165) is 22.6 Å². The topological polar surface area (TPSA) is 58.4 Å². The lowest BCUT2D eigenvalue weighted by Gasteiger charge is -2.23. The summed E-state index contributed by atoms with van der Waals surface area (Å²) in [6.45, 7) is 4.34. The van der Waals surface area contributed by atoms with Crippen LogP contribution in [0.5, 0.6) is 0 Å². The average molecular weight is 308 g/mol. The molecule has 2 rings (SSSR count). The van der Waals surface area contributed by atoms with Gasteiger partial charge in [0.05, 0.1) is 5.69 Å². The molecule has 1 aromatic heterocycles. The zero-order valence-corrected chi connectivity index (χ0v) is 13.1. The van der Waals surface area contributed by atoms with E-state index in [1.165, 1.54) is 0 Å². The van der Waals surface area contributed by atoms with Crippen molar-refractivity contribution in [1.82, 2.24) is 9.78 Å². The molecule has 0 fully saturated rings. The van der Waals surface area contributed by atoms with Crippen molar-refractivity contribution in [3.63, 3.8) is 0 Å². The molecule has 0 saturated carbocycles. The fourth-order valence-electron chi connectivity index (χ4n) is 2.29. The summed E-state index contributed by atoms with van der Waals surface area (Å²) in [4.78, 5) is 12.9. The molecule has 5 nitrogen and oxygen atoms in total. The van der Waals surface area contributed by atoms with Gasteiger partial charge in [0.15, 0.2) is 0 Å². The number of aromatic nitrogens is 2. The van der Waals surface area contributed by atoms with E-state index in [1.54, 1.807) is 17.0 Å². The second kappa shape index (κ2) is 6.18. The molecule has 0 bridgehead atoms. The van der Waals surface area contributed by atoms with E-state index in [2.05, 4.69) is 5.10 Å². The Bertz CT molecular complexity index is 650. The number of carboxylic acids is 1. The van der Waals surface area contributed by atoms with E-state index < -0.39 is 5.97 Å². The third-order valence-electron chi connectivity index (χ3n) is 3.53. The molecule has 0 unspecified atom stereocenters. The summed E-state index contributed by atoms with van der Waals surface area (Å²) < 4.78 is 1.81. The Morgan fingerprint density at radius 3 is 2.43 bits per heavy atom. The van der Waals surface area contributed by atoms with Crippen LogP contribution in [0.1, 0.15) is 17.0 Å². The highest BCUT2D eigenvalue weighted by Gasteiger charge is 2.16. The third kappa shape index (κ3) is 3.55. The van der Waals surface area contributed by atoms with Gasteiger partial charge in [0.2, 0.25) is 0 Å². The van der Waals surface area contributed by atoms with Gasteiger partial charge in [0.25, 0.3) is 0 Å². The number of halogens is 1. The lowest BCUT2D eigenvalue weighted by atomic mass is 10.1. The highest BCUT2D eigenvalue weighted by atomic mass is 35.5. The van der Waals surface area contributed by atoms with Crippen LogP contribution in [0.3, 0.4) is 0 Å². The van der Waals surface area contributed by atoms with Crippen molar-refractivity contribution in [2.75, 3.05) is 11.4 Å². The van der Waals surface area contributed by atoms with Crippen LogP contribution in [0.4, 0.5) is 5.69 Å². The first-order valence-corrected chi connectivity index (χ1v) is 6.97. The molecule has 21 heavy (non-hydrogen) atoms. The first-order chi connectivity index (χ1) is 9.88. The van der Waals surface area contributed by atoms with Crippen LogP contribution in [0.25, 0.3) is 0 Å². The monoisotopic (exact) mass is 307 g/mol. The predicted molar refractivity (Wildman–Crippen MR) is 82.8 cm³/mol. The zero-order chi connectivity index (χ0) is 15.6. The van der Waals surface area contributed by atoms with Crippen LogP contribution >= 0.6 is 11.6 Å². The molecule has 0 saturated heterocycles. The summed E-state index contributed by atoms with van der Waals surface area (Å²) in [7, 11) is 1.88. The number of aryl methyl sites for hydroxylation is 2. The van der Waals surface area contributed by atoms with Crippen LogP contribution in [0, 0.1) is 13.8 Å². The molecule has 0 radical (unpaired) electrons. The Kier molecular flexibility index (Phi) is 4.53. The maximum absolute atomic E-state index is 11.1.